The average Bonchev–Trinajstić information content (AvgIpc) is 2.05. The van der Waals surface area contributed by atoms with Crippen molar-refractivity contribution in [3.63, 3.8) is 0 Å². The zero-order valence-electron chi connectivity index (χ0n) is 6.93. The quantitative estimate of drug-likeness (QED) is 0.599. The molecule has 0 heterocycles. The largest absolute Gasteiger partial charge is 0.291 e. The van der Waals surface area contributed by atoms with E-state index in [0.29, 0.717) is 6.54 Å². The SMILES string of the molecule is C#CCNC(C#N)CCCC. The van der Waals surface area contributed by atoms with Gasteiger partial charge in [-0.05, 0) is 6.42 Å². The highest BCUT2D eigenvalue weighted by atomic mass is 14.9. The Bertz CT molecular complexity index is 161. The summed E-state index contributed by atoms with van der Waals surface area (Å²) in [5, 5.41) is 11.6. The third kappa shape index (κ3) is 5.45. The topological polar surface area (TPSA) is 35.8 Å². The maximum atomic E-state index is 8.60. The fraction of sp³-hybridized carbons (Fsp3) is 0.667. The summed E-state index contributed by atoms with van der Waals surface area (Å²) < 4.78 is 0. The molecule has 0 saturated heterocycles. The van der Waals surface area contributed by atoms with Gasteiger partial charge in [0.1, 0.15) is 0 Å². The first-order chi connectivity index (χ1) is 5.35. The van der Waals surface area contributed by atoms with Gasteiger partial charge in [-0.15, -0.1) is 6.42 Å². The van der Waals surface area contributed by atoms with Crippen LogP contribution in [-0.4, -0.2) is 12.6 Å². The molecule has 0 aliphatic carbocycles. The van der Waals surface area contributed by atoms with Crippen molar-refractivity contribution in [2.45, 2.75) is 32.2 Å². The van der Waals surface area contributed by atoms with Crippen LogP contribution >= 0.6 is 0 Å². The third-order valence-electron chi connectivity index (χ3n) is 1.45. The first-order valence-corrected chi connectivity index (χ1v) is 3.91. The molecule has 0 aromatic heterocycles. The molecular formula is C9H14N2. The van der Waals surface area contributed by atoms with Gasteiger partial charge in [-0.2, -0.15) is 5.26 Å². The summed E-state index contributed by atoms with van der Waals surface area (Å²) in [4.78, 5) is 0. The highest BCUT2D eigenvalue weighted by molar-refractivity contribution is 4.95. The van der Waals surface area contributed by atoms with E-state index in [9.17, 15) is 0 Å². The maximum Gasteiger partial charge on any atom is 0.0960 e. The fourth-order valence-electron chi connectivity index (χ4n) is 0.803. The highest BCUT2D eigenvalue weighted by Gasteiger charge is 2.02. The molecule has 0 radical (unpaired) electrons. The number of nitrogens with zero attached hydrogens (tertiary/aromatic N) is 1. The van der Waals surface area contributed by atoms with Gasteiger partial charge in [0.2, 0.25) is 0 Å². The number of hydrogen-bond acceptors (Lipinski definition) is 2. The van der Waals surface area contributed by atoms with Crippen LogP contribution in [0.3, 0.4) is 0 Å². The van der Waals surface area contributed by atoms with Crippen molar-refractivity contribution in [1.82, 2.24) is 5.32 Å². The lowest BCUT2D eigenvalue weighted by molar-refractivity contribution is 0.571. The molecule has 0 aliphatic rings. The van der Waals surface area contributed by atoms with E-state index in [1.54, 1.807) is 0 Å². The molecule has 60 valence electrons. The van der Waals surface area contributed by atoms with Crippen LogP contribution in [0.15, 0.2) is 0 Å². The molecule has 0 rings (SSSR count). The molecule has 0 saturated carbocycles. The van der Waals surface area contributed by atoms with Gasteiger partial charge >= 0.3 is 0 Å². The highest BCUT2D eigenvalue weighted by Crippen LogP contribution is 1.98. The molecule has 0 aliphatic heterocycles. The van der Waals surface area contributed by atoms with Crippen molar-refractivity contribution in [2.24, 2.45) is 0 Å². The Morgan fingerprint density at radius 1 is 1.64 bits per heavy atom. The van der Waals surface area contributed by atoms with Crippen LogP contribution < -0.4 is 5.32 Å². The van der Waals surface area contributed by atoms with Crippen molar-refractivity contribution in [3.05, 3.63) is 0 Å². The van der Waals surface area contributed by atoms with Crippen molar-refractivity contribution < 1.29 is 0 Å². The molecule has 0 fully saturated rings. The second kappa shape index (κ2) is 7.12. The average molecular weight is 150 g/mol. The van der Waals surface area contributed by atoms with Gasteiger partial charge in [0.15, 0.2) is 0 Å². The summed E-state index contributed by atoms with van der Waals surface area (Å²) in [5.74, 6) is 2.45. The Balaban J connectivity index is 3.45. The van der Waals surface area contributed by atoms with Crippen molar-refractivity contribution in [2.75, 3.05) is 6.54 Å². The van der Waals surface area contributed by atoms with E-state index in [1.165, 1.54) is 0 Å². The second-order valence-electron chi connectivity index (χ2n) is 2.41. The number of nitriles is 1. The van der Waals surface area contributed by atoms with Crippen LogP contribution in [0, 0.1) is 23.7 Å². The van der Waals surface area contributed by atoms with Crippen LogP contribution in [0.25, 0.3) is 0 Å². The number of terminal acetylenes is 1. The minimum atomic E-state index is -0.0639. The lowest BCUT2D eigenvalue weighted by Crippen LogP contribution is -2.27. The third-order valence-corrected chi connectivity index (χ3v) is 1.45. The predicted molar refractivity (Wildman–Crippen MR) is 45.8 cm³/mol. The van der Waals surface area contributed by atoms with Gasteiger partial charge in [0.25, 0.3) is 0 Å². The summed E-state index contributed by atoms with van der Waals surface area (Å²) in [7, 11) is 0. The first kappa shape index (κ1) is 10.0. The van der Waals surface area contributed by atoms with E-state index < -0.39 is 0 Å². The number of rotatable bonds is 5. The molecule has 1 atom stereocenters. The molecule has 1 N–H and O–H groups in total. The molecule has 2 nitrogen and oxygen atoms in total. The van der Waals surface area contributed by atoms with Crippen LogP contribution in [0.4, 0.5) is 0 Å². The van der Waals surface area contributed by atoms with Gasteiger partial charge in [-0.25, -0.2) is 0 Å². The van der Waals surface area contributed by atoms with Crippen molar-refractivity contribution >= 4 is 0 Å². The molecular weight excluding hydrogens is 136 g/mol. The smallest absolute Gasteiger partial charge is 0.0960 e. The Morgan fingerprint density at radius 3 is 2.82 bits per heavy atom. The van der Waals surface area contributed by atoms with Gasteiger partial charge in [0.05, 0.1) is 18.7 Å². The van der Waals surface area contributed by atoms with Crippen LogP contribution in [0.5, 0.6) is 0 Å². The minimum Gasteiger partial charge on any atom is -0.291 e. The lowest BCUT2D eigenvalue weighted by Gasteiger charge is -2.06. The zero-order valence-corrected chi connectivity index (χ0v) is 6.93. The number of hydrogen-bond donors (Lipinski definition) is 1. The Labute approximate surface area is 68.6 Å². The van der Waals surface area contributed by atoms with Crippen LogP contribution in [0.2, 0.25) is 0 Å². The molecule has 2 heteroatoms. The van der Waals surface area contributed by atoms with E-state index in [1.807, 2.05) is 0 Å². The standard InChI is InChI=1S/C9H14N2/c1-3-5-6-9(8-10)11-7-4-2/h2,9,11H,3,5-7H2,1H3. The second-order valence-corrected chi connectivity index (χ2v) is 2.41. The van der Waals surface area contributed by atoms with E-state index in [0.717, 1.165) is 19.3 Å². The summed E-state index contributed by atoms with van der Waals surface area (Å²) in [6, 6.07) is 2.10. The van der Waals surface area contributed by atoms with Gasteiger partial charge in [0, 0.05) is 0 Å². The first-order valence-electron chi connectivity index (χ1n) is 3.91. The molecule has 11 heavy (non-hydrogen) atoms. The molecule has 0 spiro atoms. The summed E-state index contributed by atoms with van der Waals surface area (Å²) in [6.45, 7) is 2.59. The molecule has 0 aromatic rings. The minimum absolute atomic E-state index is 0.0639. The zero-order chi connectivity index (χ0) is 8.53. The summed E-state index contributed by atoms with van der Waals surface area (Å²) in [6.07, 6.45) is 8.14. The molecule has 1 unspecified atom stereocenters. The Hall–Kier alpha value is -0.990. The Morgan fingerprint density at radius 2 is 2.36 bits per heavy atom. The summed E-state index contributed by atoms with van der Waals surface area (Å²) in [5.41, 5.74) is 0. The lowest BCUT2D eigenvalue weighted by atomic mass is 10.1. The number of unbranched alkanes of at least 4 members (excludes halogenated alkanes) is 1. The maximum absolute atomic E-state index is 8.60. The van der Waals surface area contributed by atoms with Crippen molar-refractivity contribution in [3.8, 4) is 18.4 Å². The monoisotopic (exact) mass is 150 g/mol. The van der Waals surface area contributed by atoms with Gasteiger partial charge < -0.3 is 0 Å². The predicted octanol–water partition coefficient (Wildman–Crippen LogP) is 1.29. The Kier molecular flexibility index (Phi) is 6.48. The normalized spacial score (nSPS) is 11.5. The van der Waals surface area contributed by atoms with Gasteiger partial charge in [-0.3, -0.25) is 5.32 Å². The molecule has 0 amide bonds. The van der Waals surface area contributed by atoms with E-state index >= 15 is 0 Å². The van der Waals surface area contributed by atoms with Crippen molar-refractivity contribution in [1.29, 1.82) is 5.26 Å². The van der Waals surface area contributed by atoms with E-state index in [-0.39, 0.29) is 6.04 Å². The summed E-state index contributed by atoms with van der Waals surface area (Å²) >= 11 is 0. The number of nitrogens with one attached hydrogen (secondary N) is 1. The van der Waals surface area contributed by atoms with Gasteiger partial charge in [-0.1, -0.05) is 25.7 Å². The molecule has 0 aromatic carbocycles. The van der Waals surface area contributed by atoms with Crippen LogP contribution in [0.1, 0.15) is 26.2 Å². The van der Waals surface area contributed by atoms with E-state index in [4.69, 9.17) is 11.7 Å². The fourth-order valence-corrected chi connectivity index (χ4v) is 0.803. The van der Waals surface area contributed by atoms with Crippen LogP contribution in [-0.2, 0) is 0 Å². The van der Waals surface area contributed by atoms with E-state index in [2.05, 4.69) is 24.2 Å². The molecule has 0 bridgehead atoms.